The average molecular weight is 630 g/mol. The maximum absolute atomic E-state index is 2.55. The normalized spacial score (nSPS) is 13.1. The van der Waals surface area contributed by atoms with Gasteiger partial charge in [-0.25, -0.2) is 0 Å². The minimum Gasteiger partial charge on any atom is -0.308 e. The zero-order valence-electron chi connectivity index (χ0n) is 29.1. The lowest BCUT2D eigenvalue weighted by Gasteiger charge is -2.23. The van der Waals surface area contributed by atoms with Crippen molar-refractivity contribution in [3.05, 3.63) is 139 Å². The Labute approximate surface area is 287 Å². The zero-order valence-corrected chi connectivity index (χ0v) is 29.1. The van der Waals surface area contributed by atoms with Gasteiger partial charge in [-0.15, -0.1) is 0 Å². The molecule has 2 aromatic heterocycles. The summed E-state index contributed by atoms with van der Waals surface area (Å²) in [5.41, 5.74) is 17.0. The van der Waals surface area contributed by atoms with Crippen LogP contribution in [-0.2, 0) is 10.8 Å². The lowest BCUT2D eigenvalue weighted by molar-refractivity contribution is 0.590. The molecule has 0 atom stereocenters. The fraction of sp³-hybridized carbons (Fsp3) is 0.167. The molecule has 0 saturated carbocycles. The lowest BCUT2D eigenvalue weighted by Crippen LogP contribution is -2.11. The third-order valence-corrected chi connectivity index (χ3v) is 11.2. The van der Waals surface area contributed by atoms with Gasteiger partial charge in [0.15, 0.2) is 0 Å². The van der Waals surface area contributed by atoms with Crippen LogP contribution < -0.4 is 0 Å². The Morgan fingerprint density at radius 2 is 0.755 bits per heavy atom. The highest BCUT2D eigenvalue weighted by molar-refractivity contribution is 6.25. The van der Waals surface area contributed by atoms with Crippen molar-refractivity contribution in [3.8, 4) is 44.5 Å². The predicted molar refractivity (Wildman–Crippen MR) is 211 cm³/mol. The van der Waals surface area contributed by atoms with Crippen LogP contribution in [-0.4, -0.2) is 4.40 Å². The van der Waals surface area contributed by atoms with Crippen molar-refractivity contribution in [1.29, 1.82) is 0 Å². The molecule has 0 N–H and O–H groups in total. The maximum Gasteiger partial charge on any atom is 0.0620 e. The summed E-state index contributed by atoms with van der Waals surface area (Å²) in [5, 5.41) is 7.92. The molecule has 9 aromatic rings. The minimum absolute atomic E-state index is 0.0313. The quantitative estimate of drug-likeness (QED) is 0.157. The second kappa shape index (κ2) is 9.61. The van der Waals surface area contributed by atoms with Crippen LogP contribution >= 0.6 is 0 Å². The van der Waals surface area contributed by atoms with E-state index in [0.717, 1.165) is 0 Å². The molecule has 0 saturated heterocycles. The Morgan fingerprint density at radius 3 is 1.22 bits per heavy atom. The monoisotopic (exact) mass is 629 g/mol. The second-order valence-electron chi connectivity index (χ2n) is 16.2. The molecule has 1 heteroatoms. The van der Waals surface area contributed by atoms with E-state index in [9.17, 15) is 0 Å². The van der Waals surface area contributed by atoms with Crippen molar-refractivity contribution in [3.63, 3.8) is 0 Å². The second-order valence-corrected chi connectivity index (χ2v) is 16.2. The Kier molecular flexibility index (Phi) is 5.61. The number of nitrogens with zero attached hydrogens (tertiary/aromatic N) is 1. The topological polar surface area (TPSA) is 4.41 Å². The molecule has 0 fully saturated rings. The van der Waals surface area contributed by atoms with Gasteiger partial charge in [0.1, 0.15) is 0 Å². The van der Waals surface area contributed by atoms with Gasteiger partial charge in [0.05, 0.1) is 16.6 Å². The zero-order chi connectivity index (χ0) is 33.4. The fourth-order valence-electron chi connectivity index (χ4n) is 8.55. The fourth-order valence-corrected chi connectivity index (χ4v) is 8.55. The molecule has 0 radical (unpaired) electrons. The molecule has 10 rings (SSSR count). The first-order chi connectivity index (χ1) is 23.6. The van der Waals surface area contributed by atoms with Gasteiger partial charge in [-0.1, -0.05) is 120 Å². The molecule has 0 amide bonds. The molecule has 0 bridgehead atoms. The first-order valence-corrected chi connectivity index (χ1v) is 17.6. The summed E-state index contributed by atoms with van der Waals surface area (Å²) < 4.78 is 2.55. The van der Waals surface area contributed by atoms with Gasteiger partial charge in [-0.2, -0.15) is 0 Å². The van der Waals surface area contributed by atoms with Crippen molar-refractivity contribution in [1.82, 2.24) is 4.40 Å². The third-order valence-electron chi connectivity index (χ3n) is 11.2. The van der Waals surface area contributed by atoms with Gasteiger partial charge >= 0.3 is 0 Å². The molecule has 7 aromatic carbocycles. The summed E-state index contributed by atoms with van der Waals surface area (Å²) in [5.74, 6) is 0. The van der Waals surface area contributed by atoms with E-state index in [4.69, 9.17) is 0 Å². The standard InChI is InChI=1S/C48H39N/c1-47(2,3)30-19-20-44-41(25-30)43-27-31(48(4,5)6)26-42-40-23-28-21-38-36-17-11-9-15-34(36)32-13-7-8-14-33(32)35-16-10-12-18-37(35)39(38)22-29(28)24-45(40)49(44)46(42)43/h7-27H,1-6H3. The highest BCUT2D eigenvalue weighted by atomic mass is 14.9. The van der Waals surface area contributed by atoms with E-state index in [1.807, 2.05) is 0 Å². The third kappa shape index (κ3) is 3.99. The summed E-state index contributed by atoms with van der Waals surface area (Å²) in [4.78, 5) is 0. The number of hydrogen-bond acceptors (Lipinski definition) is 0. The average Bonchev–Trinajstić information content (AvgIpc) is 3.59. The van der Waals surface area contributed by atoms with Crippen molar-refractivity contribution >= 4 is 48.9 Å². The molecule has 236 valence electrons. The van der Waals surface area contributed by atoms with E-state index in [0.29, 0.717) is 0 Å². The highest BCUT2D eigenvalue weighted by Gasteiger charge is 2.26. The summed E-state index contributed by atoms with van der Waals surface area (Å²) in [7, 11) is 0. The summed E-state index contributed by atoms with van der Waals surface area (Å²) >= 11 is 0. The number of fused-ring (bicyclic) bond motifs is 15. The van der Waals surface area contributed by atoms with Gasteiger partial charge in [-0.3, -0.25) is 0 Å². The SMILES string of the molecule is CC(C)(C)c1ccc2c(c1)c1cc(C(C)(C)C)cc3c4cc5cc6c(cc5cc4n2c13)-c1ccccc1-c1ccccc1-c1ccccc1-6. The smallest absolute Gasteiger partial charge is 0.0620 e. The first kappa shape index (κ1) is 28.6. The minimum atomic E-state index is 0.0313. The van der Waals surface area contributed by atoms with Crippen LogP contribution in [0, 0.1) is 0 Å². The van der Waals surface area contributed by atoms with Crippen molar-refractivity contribution < 1.29 is 0 Å². The van der Waals surface area contributed by atoms with E-state index in [2.05, 4.69) is 173 Å². The molecule has 0 spiro atoms. The maximum atomic E-state index is 2.55. The van der Waals surface area contributed by atoms with Crippen molar-refractivity contribution in [2.75, 3.05) is 0 Å². The predicted octanol–water partition coefficient (Wildman–Crippen LogP) is 13.6. The van der Waals surface area contributed by atoms with Gasteiger partial charge in [0.25, 0.3) is 0 Å². The molecule has 1 aliphatic carbocycles. The van der Waals surface area contributed by atoms with Crippen LogP contribution in [0.4, 0.5) is 0 Å². The van der Waals surface area contributed by atoms with Crippen LogP contribution in [0.25, 0.3) is 93.4 Å². The van der Waals surface area contributed by atoms with Gasteiger partial charge in [0.2, 0.25) is 0 Å². The highest BCUT2D eigenvalue weighted by Crippen LogP contribution is 2.50. The summed E-state index contributed by atoms with van der Waals surface area (Å²) in [6.45, 7) is 13.9. The van der Waals surface area contributed by atoms with Crippen LogP contribution in [0.15, 0.2) is 127 Å². The van der Waals surface area contributed by atoms with Crippen molar-refractivity contribution in [2.45, 2.75) is 52.4 Å². The van der Waals surface area contributed by atoms with Crippen LogP contribution in [0.3, 0.4) is 0 Å². The van der Waals surface area contributed by atoms with E-state index < -0.39 is 0 Å². The van der Waals surface area contributed by atoms with Gasteiger partial charge in [0, 0.05) is 21.5 Å². The first-order valence-electron chi connectivity index (χ1n) is 17.6. The van der Waals surface area contributed by atoms with Crippen LogP contribution in [0.2, 0.25) is 0 Å². The molecule has 2 heterocycles. The lowest BCUT2D eigenvalue weighted by atomic mass is 9.80. The number of rotatable bonds is 0. The molecule has 0 aliphatic heterocycles. The van der Waals surface area contributed by atoms with E-state index in [1.165, 1.54) is 105 Å². The summed E-state index contributed by atoms with van der Waals surface area (Å²) in [6, 6.07) is 48.7. The summed E-state index contributed by atoms with van der Waals surface area (Å²) in [6.07, 6.45) is 0. The Bertz CT molecular complexity index is 2830. The van der Waals surface area contributed by atoms with Crippen LogP contribution in [0.1, 0.15) is 52.7 Å². The van der Waals surface area contributed by atoms with E-state index >= 15 is 0 Å². The molecular formula is C48H39N. The molecule has 1 aliphatic rings. The number of benzene rings is 7. The van der Waals surface area contributed by atoms with Crippen LogP contribution in [0.5, 0.6) is 0 Å². The Hall–Kier alpha value is -5.40. The number of hydrogen-bond donors (Lipinski definition) is 0. The molecule has 1 nitrogen and oxygen atoms in total. The molecule has 0 unspecified atom stereocenters. The Balaban J connectivity index is 1.35. The Morgan fingerprint density at radius 1 is 0.347 bits per heavy atom. The van der Waals surface area contributed by atoms with Gasteiger partial charge < -0.3 is 4.40 Å². The van der Waals surface area contributed by atoms with E-state index in [-0.39, 0.29) is 10.8 Å². The van der Waals surface area contributed by atoms with Crippen molar-refractivity contribution in [2.24, 2.45) is 0 Å². The molecular weight excluding hydrogens is 591 g/mol. The van der Waals surface area contributed by atoms with Gasteiger partial charge in [-0.05, 0) is 126 Å². The molecule has 49 heavy (non-hydrogen) atoms. The number of aromatic nitrogens is 1. The van der Waals surface area contributed by atoms with E-state index in [1.54, 1.807) is 0 Å². The largest absolute Gasteiger partial charge is 0.308 e.